The molecule has 4 heteroatoms. The van der Waals surface area contributed by atoms with Crippen molar-refractivity contribution in [2.75, 3.05) is 0 Å². The van der Waals surface area contributed by atoms with Crippen molar-refractivity contribution in [3.05, 3.63) is 0 Å². The van der Waals surface area contributed by atoms with Crippen LogP contribution >= 0.6 is 0 Å². The number of hydrogen-bond acceptors (Lipinski definition) is 3. The average molecular weight is 183 g/mol. The Morgan fingerprint density at radius 1 is 1.38 bits per heavy atom. The highest BCUT2D eigenvalue weighted by molar-refractivity contribution is 5.81. The lowest BCUT2D eigenvalue weighted by Gasteiger charge is -2.24. The van der Waals surface area contributed by atoms with E-state index in [4.69, 9.17) is 5.84 Å². The average Bonchev–Trinajstić information content (AvgIpc) is 2.59. The Balaban J connectivity index is 1.94. The smallest absolute Gasteiger partial charge is 0.251 e. The van der Waals surface area contributed by atoms with E-state index < -0.39 is 0 Å². The lowest BCUT2D eigenvalue weighted by molar-refractivity contribution is -0.122. The van der Waals surface area contributed by atoms with Gasteiger partial charge in [0.15, 0.2) is 0 Å². The topological polar surface area (TPSA) is 67.1 Å². The molecule has 0 aromatic heterocycles. The zero-order chi connectivity index (χ0) is 9.26. The first-order valence-corrected chi connectivity index (χ1v) is 5.08. The zero-order valence-electron chi connectivity index (χ0n) is 7.75. The molecule has 2 fully saturated rings. The quantitative estimate of drug-likeness (QED) is 0.302. The van der Waals surface area contributed by atoms with Gasteiger partial charge in [-0.05, 0) is 25.2 Å². The monoisotopic (exact) mass is 183 g/mol. The molecule has 13 heavy (non-hydrogen) atoms. The summed E-state index contributed by atoms with van der Waals surface area (Å²) in [6.45, 7) is 0. The number of nitrogens with one attached hydrogen (secondary N) is 2. The second kappa shape index (κ2) is 3.64. The molecule has 0 aromatic rings. The van der Waals surface area contributed by atoms with Gasteiger partial charge in [0.2, 0.25) is 0 Å². The van der Waals surface area contributed by atoms with Crippen molar-refractivity contribution in [3.63, 3.8) is 0 Å². The fourth-order valence-electron chi connectivity index (χ4n) is 2.62. The molecule has 2 rings (SSSR count). The molecular formula is C9H17N3O. The third-order valence-corrected chi connectivity index (χ3v) is 3.32. The number of rotatable bonds is 1. The molecule has 1 aliphatic heterocycles. The molecule has 1 aliphatic carbocycles. The second-order valence-electron chi connectivity index (χ2n) is 4.11. The van der Waals surface area contributed by atoms with Crippen molar-refractivity contribution in [3.8, 4) is 0 Å². The molecule has 4 nitrogen and oxygen atoms in total. The Labute approximate surface area is 78.2 Å². The van der Waals surface area contributed by atoms with Crippen LogP contribution in [0.2, 0.25) is 0 Å². The minimum absolute atomic E-state index is 0.0434. The maximum Gasteiger partial charge on any atom is 0.251 e. The SMILES string of the molecule is NNC(=O)[C@@H]1C[C@@H]2CCCC[C@H]2N1. The van der Waals surface area contributed by atoms with E-state index in [2.05, 4.69) is 10.7 Å². The molecule has 0 unspecified atom stereocenters. The number of hydrazine groups is 1. The van der Waals surface area contributed by atoms with E-state index in [1.54, 1.807) is 0 Å². The van der Waals surface area contributed by atoms with E-state index in [9.17, 15) is 4.79 Å². The third kappa shape index (κ3) is 1.69. The van der Waals surface area contributed by atoms with E-state index in [1.807, 2.05) is 0 Å². The summed E-state index contributed by atoms with van der Waals surface area (Å²) in [6, 6.07) is 0.522. The maximum absolute atomic E-state index is 11.3. The summed E-state index contributed by atoms with van der Waals surface area (Å²) in [5.41, 5.74) is 2.22. The van der Waals surface area contributed by atoms with E-state index in [0.29, 0.717) is 12.0 Å². The first kappa shape index (κ1) is 8.97. The van der Waals surface area contributed by atoms with Crippen LogP contribution in [0.25, 0.3) is 0 Å². The van der Waals surface area contributed by atoms with Gasteiger partial charge in [0, 0.05) is 6.04 Å². The summed E-state index contributed by atoms with van der Waals surface area (Å²) >= 11 is 0. The Morgan fingerprint density at radius 3 is 2.85 bits per heavy atom. The van der Waals surface area contributed by atoms with Gasteiger partial charge in [0.25, 0.3) is 5.91 Å². The van der Waals surface area contributed by atoms with E-state index in [1.165, 1.54) is 25.7 Å². The summed E-state index contributed by atoms with van der Waals surface area (Å²) in [4.78, 5) is 11.3. The van der Waals surface area contributed by atoms with Crippen LogP contribution in [0.3, 0.4) is 0 Å². The third-order valence-electron chi connectivity index (χ3n) is 3.32. The predicted molar refractivity (Wildman–Crippen MR) is 49.6 cm³/mol. The van der Waals surface area contributed by atoms with Gasteiger partial charge in [-0.1, -0.05) is 12.8 Å². The number of nitrogens with two attached hydrogens (primary N) is 1. The maximum atomic E-state index is 11.3. The van der Waals surface area contributed by atoms with Gasteiger partial charge >= 0.3 is 0 Å². The normalized spacial score (nSPS) is 38.4. The van der Waals surface area contributed by atoms with Crippen LogP contribution in [0.4, 0.5) is 0 Å². The van der Waals surface area contributed by atoms with Gasteiger partial charge in [0.1, 0.15) is 0 Å². The molecular weight excluding hydrogens is 166 g/mol. The number of carbonyl (C=O) groups excluding carboxylic acids is 1. The molecule has 0 bridgehead atoms. The first-order valence-electron chi connectivity index (χ1n) is 5.08. The summed E-state index contributed by atoms with van der Waals surface area (Å²) < 4.78 is 0. The largest absolute Gasteiger partial charge is 0.303 e. The van der Waals surface area contributed by atoms with Gasteiger partial charge in [0.05, 0.1) is 6.04 Å². The lowest BCUT2D eigenvalue weighted by atomic mass is 9.85. The molecule has 1 heterocycles. The molecule has 0 spiro atoms. The summed E-state index contributed by atoms with van der Waals surface area (Å²) in [5.74, 6) is 5.75. The van der Waals surface area contributed by atoms with E-state index >= 15 is 0 Å². The van der Waals surface area contributed by atoms with E-state index in [-0.39, 0.29) is 11.9 Å². The van der Waals surface area contributed by atoms with Crippen LogP contribution in [0.5, 0.6) is 0 Å². The summed E-state index contributed by atoms with van der Waals surface area (Å²) in [5, 5.41) is 3.35. The Bertz CT molecular complexity index is 193. The van der Waals surface area contributed by atoms with Crippen LogP contribution in [-0.2, 0) is 4.79 Å². The number of hydrogen-bond donors (Lipinski definition) is 3. The highest BCUT2D eigenvalue weighted by Crippen LogP contribution is 2.32. The fraction of sp³-hybridized carbons (Fsp3) is 0.889. The Kier molecular flexibility index (Phi) is 2.51. The van der Waals surface area contributed by atoms with Crippen LogP contribution < -0.4 is 16.6 Å². The van der Waals surface area contributed by atoms with Gasteiger partial charge < -0.3 is 5.32 Å². The Hall–Kier alpha value is -0.610. The molecule has 0 aromatic carbocycles. The van der Waals surface area contributed by atoms with Crippen molar-refractivity contribution in [1.82, 2.24) is 10.7 Å². The van der Waals surface area contributed by atoms with Crippen molar-refractivity contribution >= 4 is 5.91 Å². The Morgan fingerprint density at radius 2 is 2.15 bits per heavy atom. The molecule has 0 radical (unpaired) electrons. The van der Waals surface area contributed by atoms with Gasteiger partial charge in [-0.25, -0.2) is 5.84 Å². The fourth-order valence-corrected chi connectivity index (χ4v) is 2.62. The molecule has 1 saturated heterocycles. The van der Waals surface area contributed by atoms with Crippen molar-refractivity contribution in [1.29, 1.82) is 0 Å². The minimum Gasteiger partial charge on any atom is -0.303 e. The summed E-state index contributed by atoms with van der Waals surface area (Å²) in [7, 11) is 0. The molecule has 1 saturated carbocycles. The van der Waals surface area contributed by atoms with Gasteiger partial charge in [-0.3, -0.25) is 10.2 Å². The van der Waals surface area contributed by atoms with Crippen molar-refractivity contribution in [2.24, 2.45) is 11.8 Å². The van der Waals surface area contributed by atoms with Crippen LogP contribution in [-0.4, -0.2) is 18.0 Å². The molecule has 4 N–H and O–H groups in total. The number of fused-ring (bicyclic) bond motifs is 1. The summed E-state index contributed by atoms with van der Waals surface area (Å²) in [6.07, 6.45) is 6.07. The molecule has 1 amide bonds. The van der Waals surface area contributed by atoms with Crippen LogP contribution in [0.15, 0.2) is 0 Å². The number of amides is 1. The molecule has 3 atom stereocenters. The van der Waals surface area contributed by atoms with Crippen molar-refractivity contribution in [2.45, 2.75) is 44.2 Å². The highest BCUT2D eigenvalue weighted by Gasteiger charge is 2.37. The predicted octanol–water partition coefficient (Wildman–Crippen LogP) is -0.103. The number of carbonyl (C=O) groups is 1. The zero-order valence-corrected chi connectivity index (χ0v) is 7.75. The standard InChI is InChI=1S/C9H17N3O/c10-12-9(13)8-5-6-3-1-2-4-7(6)11-8/h6-8,11H,1-5,10H2,(H,12,13)/t6-,7+,8-/m0/s1. The van der Waals surface area contributed by atoms with Gasteiger partial charge in [-0.2, -0.15) is 0 Å². The molecule has 2 aliphatic rings. The lowest BCUT2D eigenvalue weighted by Crippen LogP contribution is -2.45. The molecule has 74 valence electrons. The van der Waals surface area contributed by atoms with E-state index in [0.717, 1.165) is 6.42 Å². The van der Waals surface area contributed by atoms with Gasteiger partial charge in [-0.15, -0.1) is 0 Å². The second-order valence-corrected chi connectivity index (χ2v) is 4.11. The first-order chi connectivity index (χ1) is 6.31. The van der Waals surface area contributed by atoms with Crippen molar-refractivity contribution < 1.29 is 4.79 Å². The van der Waals surface area contributed by atoms with Crippen LogP contribution in [0, 0.1) is 5.92 Å². The highest BCUT2D eigenvalue weighted by atomic mass is 16.2. The van der Waals surface area contributed by atoms with Crippen LogP contribution in [0.1, 0.15) is 32.1 Å². The minimum atomic E-state index is -0.0607.